The van der Waals surface area contributed by atoms with E-state index in [0.717, 1.165) is 31.7 Å². The van der Waals surface area contributed by atoms with Crippen LogP contribution in [0, 0.1) is 0 Å². The van der Waals surface area contributed by atoms with Gasteiger partial charge in [0.25, 0.3) is 0 Å². The van der Waals surface area contributed by atoms with E-state index in [4.69, 9.17) is 16.3 Å². The highest BCUT2D eigenvalue weighted by Crippen LogP contribution is 2.29. The summed E-state index contributed by atoms with van der Waals surface area (Å²) in [5, 5.41) is 4.03. The number of benzene rings is 1. The van der Waals surface area contributed by atoms with E-state index in [1.54, 1.807) is 0 Å². The van der Waals surface area contributed by atoms with Gasteiger partial charge in [-0.1, -0.05) is 23.7 Å². The summed E-state index contributed by atoms with van der Waals surface area (Å²) in [5.74, 6) is 0.783. The predicted octanol–water partition coefficient (Wildman–Crippen LogP) is 2.86. The number of para-hydroxylation sites is 1. The number of hydrogen-bond donors (Lipinski definition) is 1. The van der Waals surface area contributed by atoms with Crippen LogP contribution in [0.4, 0.5) is 0 Å². The van der Waals surface area contributed by atoms with Gasteiger partial charge in [0, 0.05) is 6.54 Å². The summed E-state index contributed by atoms with van der Waals surface area (Å²) in [4.78, 5) is 0. The largest absolute Gasteiger partial charge is 0.485 e. The Balaban J connectivity index is 2.10. The Morgan fingerprint density at radius 3 is 2.87 bits per heavy atom. The molecule has 0 bridgehead atoms. The molecule has 82 valence electrons. The lowest BCUT2D eigenvalue weighted by atomic mass is 9.96. The number of nitrogens with one attached hydrogen (secondary N) is 1. The van der Waals surface area contributed by atoms with Crippen molar-refractivity contribution in [2.24, 2.45) is 0 Å². The standard InChI is InChI=1S/C12H16ClNO/c1-12(7-4-8-14-9-12)15-11-6-3-2-5-10(11)13/h2-3,5-6,14H,4,7-9H2,1H3. The van der Waals surface area contributed by atoms with E-state index in [1.807, 2.05) is 24.3 Å². The summed E-state index contributed by atoms with van der Waals surface area (Å²) >= 11 is 6.06. The number of ether oxygens (including phenoxy) is 1. The average molecular weight is 226 g/mol. The molecule has 0 saturated carbocycles. The molecule has 0 amide bonds. The van der Waals surface area contributed by atoms with Crippen molar-refractivity contribution in [1.29, 1.82) is 0 Å². The molecule has 15 heavy (non-hydrogen) atoms. The molecule has 0 aliphatic carbocycles. The Bertz CT molecular complexity index is 334. The van der Waals surface area contributed by atoms with Gasteiger partial charge in [0.1, 0.15) is 11.4 Å². The molecule has 1 fully saturated rings. The van der Waals surface area contributed by atoms with Gasteiger partial charge in [-0.15, -0.1) is 0 Å². The Hall–Kier alpha value is -0.730. The summed E-state index contributed by atoms with van der Waals surface area (Å²) < 4.78 is 5.98. The van der Waals surface area contributed by atoms with Crippen molar-refractivity contribution in [3.63, 3.8) is 0 Å². The second-order valence-electron chi connectivity index (χ2n) is 4.26. The highest BCUT2D eigenvalue weighted by molar-refractivity contribution is 6.32. The fourth-order valence-corrected chi connectivity index (χ4v) is 2.08. The zero-order chi connectivity index (χ0) is 10.7. The molecule has 2 rings (SSSR count). The van der Waals surface area contributed by atoms with Gasteiger partial charge in [-0.2, -0.15) is 0 Å². The van der Waals surface area contributed by atoms with Gasteiger partial charge in [-0.25, -0.2) is 0 Å². The normalized spacial score (nSPS) is 26.3. The molecule has 0 radical (unpaired) electrons. The van der Waals surface area contributed by atoms with Crippen molar-refractivity contribution >= 4 is 11.6 Å². The molecule has 0 spiro atoms. The van der Waals surface area contributed by atoms with Crippen LogP contribution in [0.1, 0.15) is 19.8 Å². The molecular weight excluding hydrogens is 210 g/mol. The Labute approximate surface area is 95.6 Å². The zero-order valence-electron chi connectivity index (χ0n) is 8.92. The van der Waals surface area contributed by atoms with Crippen LogP contribution in [0.15, 0.2) is 24.3 Å². The van der Waals surface area contributed by atoms with E-state index in [1.165, 1.54) is 0 Å². The van der Waals surface area contributed by atoms with Crippen molar-refractivity contribution < 1.29 is 4.74 Å². The van der Waals surface area contributed by atoms with Gasteiger partial charge in [0.05, 0.1) is 5.02 Å². The first kappa shape index (κ1) is 10.8. The summed E-state index contributed by atoms with van der Waals surface area (Å²) in [5.41, 5.74) is -0.122. The van der Waals surface area contributed by atoms with Crippen molar-refractivity contribution in [2.75, 3.05) is 13.1 Å². The SMILES string of the molecule is CC1(Oc2ccccc2Cl)CCCNC1. The maximum atomic E-state index is 6.06. The minimum Gasteiger partial charge on any atom is -0.485 e. The first-order valence-corrected chi connectivity index (χ1v) is 5.72. The van der Waals surface area contributed by atoms with E-state index in [9.17, 15) is 0 Å². The van der Waals surface area contributed by atoms with Crippen LogP contribution in [0.5, 0.6) is 5.75 Å². The second-order valence-corrected chi connectivity index (χ2v) is 4.67. The van der Waals surface area contributed by atoms with Gasteiger partial charge in [0.15, 0.2) is 0 Å². The highest BCUT2D eigenvalue weighted by atomic mass is 35.5. The van der Waals surface area contributed by atoms with Crippen LogP contribution in [-0.2, 0) is 0 Å². The fraction of sp³-hybridized carbons (Fsp3) is 0.500. The maximum absolute atomic E-state index is 6.06. The number of piperidine rings is 1. The lowest BCUT2D eigenvalue weighted by Crippen LogP contribution is -2.47. The predicted molar refractivity (Wildman–Crippen MR) is 62.6 cm³/mol. The van der Waals surface area contributed by atoms with Gasteiger partial charge in [0.2, 0.25) is 0 Å². The molecule has 1 heterocycles. The Kier molecular flexibility index (Phi) is 3.17. The monoisotopic (exact) mass is 225 g/mol. The second kappa shape index (κ2) is 4.42. The van der Waals surface area contributed by atoms with E-state index < -0.39 is 0 Å². The molecule has 2 nitrogen and oxygen atoms in total. The number of halogens is 1. The molecule has 3 heteroatoms. The van der Waals surface area contributed by atoms with Crippen molar-refractivity contribution in [1.82, 2.24) is 5.32 Å². The number of hydrogen-bond acceptors (Lipinski definition) is 2. The highest BCUT2D eigenvalue weighted by Gasteiger charge is 2.29. The fourth-order valence-electron chi connectivity index (χ4n) is 1.91. The van der Waals surface area contributed by atoms with Crippen LogP contribution in [0.3, 0.4) is 0 Å². The molecule has 1 atom stereocenters. The molecule has 1 N–H and O–H groups in total. The van der Waals surface area contributed by atoms with E-state index in [0.29, 0.717) is 5.02 Å². The molecule has 0 aromatic heterocycles. The lowest BCUT2D eigenvalue weighted by molar-refractivity contribution is 0.0616. The quantitative estimate of drug-likeness (QED) is 0.836. The van der Waals surface area contributed by atoms with Gasteiger partial charge >= 0.3 is 0 Å². The summed E-state index contributed by atoms with van der Waals surface area (Å²) in [7, 11) is 0. The summed E-state index contributed by atoms with van der Waals surface area (Å²) in [6.45, 7) is 4.10. The minimum atomic E-state index is -0.122. The van der Waals surface area contributed by atoms with Crippen LogP contribution in [0.25, 0.3) is 0 Å². The van der Waals surface area contributed by atoms with E-state index in [2.05, 4.69) is 12.2 Å². The third-order valence-electron chi connectivity index (χ3n) is 2.75. The van der Waals surface area contributed by atoms with E-state index in [-0.39, 0.29) is 5.60 Å². The van der Waals surface area contributed by atoms with Crippen molar-refractivity contribution in [3.8, 4) is 5.75 Å². The average Bonchev–Trinajstić information content (AvgIpc) is 2.22. The number of rotatable bonds is 2. The molecule has 1 aliphatic rings. The smallest absolute Gasteiger partial charge is 0.138 e. The van der Waals surface area contributed by atoms with Gasteiger partial charge < -0.3 is 10.1 Å². The van der Waals surface area contributed by atoms with Crippen molar-refractivity contribution in [3.05, 3.63) is 29.3 Å². The Morgan fingerprint density at radius 2 is 2.20 bits per heavy atom. The van der Waals surface area contributed by atoms with Crippen LogP contribution in [0.2, 0.25) is 5.02 Å². The summed E-state index contributed by atoms with van der Waals surface area (Å²) in [6.07, 6.45) is 2.23. The third-order valence-corrected chi connectivity index (χ3v) is 3.06. The molecule has 1 unspecified atom stereocenters. The third kappa shape index (κ3) is 2.64. The topological polar surface area (TPSA) is 21.3 Å². The minimum absolute atomic E-state index is 0.122. The maximum Gasteiger partial charge on any atom is 0.138 e. The van der Waals surface area contributed by atoms with Crippen LogP contribution >= 0.6 is 11.6 Å². The Morgan fingerprint density at radius 1 is 1.40 bits per heavy atom. The van der Waals surface area contributed by atoms with Gasteiger partial charge in [-0.05, 0) is 38.4 Å². The van der Waals surface area contributed by atoms with Gasteiger partial charge in [-0.3, -0.25) is 0 Å². The zero-order valence-corrected chi connectivity index (χ0v) is 9.68. The van der Waals surface area contributed by atoms with Crippen LogP contribution in [-0.4, -0.2) is 18.7 Å². The van der Waals surface area contributed by atoms with Crippen molar-refractivity contribution in [2.45, 2.75) is 25.4 Å². The molecule has 1 saturated heterocycles. The van der Waals surface area contributed by atoms with E-state index >= 15 is 0 Å². The first-order chi connectivity index (χ1) is 7.20. The molecular formula is C12H16ClNO. The first-order valence-electron chi connectivity index (χ1n) is 5.34. The molecule has 1 aromatic rings. The lowest BCUT2D eigenvalue weighted by Gasteiger charge is -2.35. The summed E-state index contributed by atoms with van der Waals surface area (Å²) in [6, 6.07) is 7.64. The molecule has 1 aliphatic heterocycles. The van der Waals surface area contributed by atoms with Crippen LogP contribution < -0.4 is 10.1 Å². The molecule has 1 aromatic carbocycles.